The van der Waals surface area contributed by atoms with Crippen molar-refractivity contribution in [3.8, 4) is 87.3 Å². The highest BCUT2D eigenvalue weighted by atomic mass is 32.1. The molecule has 0 bridgehead atoms. The van der Waals surface area contributed by atoms with Crippen molar-refractivity contribution in [3.63, 3.8) is 0 Å². The molecule has 0 N–H and O–H groups in total. The number of unbranched alkanes of at least 4 members (excludes halogenated alkanes) is 12. The first-order valence-electron chi connectivity index (χ1n) is 33.3. The van der Waals surface area contributed by atoms with Gasteiger partial charge in [-0.25, -0.2) is 0 Å². The molecule has 0 fully saturated rings. The van der Waals surface area contributed by atoms with Crippen molar-refractivity contribution in [1.82, 2.24) is 9.13 Å². The van der Waals surface area contributed by atoms with Crippen molar-refractivity contribution in [2.24, 2.45) is 0 Å². The molecule has 4 heterocycles. The summed E-state index contributed by atoms with van der Waals surface area (Å²) in [6, 6.07) is 65.6. The first-order valence-corrected chi connectivity index (χ1v) is 34.9. The minimum Gasteiger partial charge on any atom is -0.494 e. The lowest BCUT2D eigenvalue weighted by atomic mass is 10.0. The topological polar surface area (TPSA) is 63.9 Å². The number of ketones is 1. The first-order chi connectivity index (χ1) is 44.4. The molecule has 4 aromatic heterocycles. The molecule has 8 aromatic carbocycles. The van der Waals surface area contributed by atoms with Gasteiger partial charge in [0.2, 0.25) is 0 Å². The molecular weight excluding hydrogens is 1150 g/mol. The van der Waals surface area contributed by atoms with Crippen LogP contribution < -0.4 is 18.9 Å². The molecule has 0 amide bonds. The predicted molar refractivity (Wildman–Crippen MR) is 380 cm³/mol. The van der Waals surface area contributed by atoms with Crippen molar-refractivity contribution in [2.75, 3.05) is 26.4 Å². The lowest BCUT2D eigenvalue weighted by molar-refractivity contribution is 0.104. The number of hydrogen-bond donors (Lipinski definition) is 0. The molecule has 0 atom stereocenters. The van der Waals surface area contributed by atoms with E-state index < -0.39 is 0 Å². The second-order valence-corrected chi connectivity index (χ2v) is 26.5. The van der Waals surface area contributed by atoms with Gasteiger partial charge in [-0.05, 0) is 193 Å². The van der Waals surface area contributed by atoms with Gasteiger partial charge in [-0.15, -0.1) is 22.7 Å². The quantitative estimate of drug-likeness (QED) is 0.0420. The van der Waals surface area contributed by atoms with E-state index in [-0.39, 0.29) is 5.78 Å². The molecule has 458 valence electrons. The Morgan fingerprint density at radius 1 is 0.289 bits per heavy atom. The van der Waals surface area contributed by atoms with Gasteiger partial charge in [0, 0.05) is 63.6 Å². The Morgan fingerprint density at radius 2 is 0.578 bits per heavy atom. The van der Waals surface area contributed by atoms with E-state index >= 15 is 0 Å². The van der Waals surface area contributed by atoms with E-state index in [0.717, 1.165) is 184 Å². The minimum absolute atomic E-state index is 0.0770. The molecule has 0 aliphatic heterocycles. The molecule has 0 radical (unpaired) electrons. The number of nitrogens with zero attached hydrogens (tertiary/aromatic N) is 2. The molecule has 0 saturated heterocycles. The van der Waals surface area contributed by atoms with E-state index in [0.29, 0.717) is 0 Å². The summed E-state index contributed by atoms with van der Waals surface area (Å²) in [5.41, 5.74) is 14.6. The zero-order valence-electron chi connectivity index (χ0n) is 52.7. The molecule has 1 aliphatic rings. The highest BCUT2D eigenvalue weighted by Crippen LogP contribution is 2.45. The zero-order valence-corrected chi connectivity index (χ0v) is 54.3. The fourth-order valence-electron chi connectivity index (χ4n) is 13.0. The van der Waals surface area contributed by atoms with Gasteiger partial charge in [0.05, 0.1) is 48.5 Å². The van der Waals surface area contributed by atoms with Gasteiger partial charge in [-0.1, -0.05) is 153 Å². The average molecular weight is 1230 g/mol. The number of carbonyl (C=O) groups is 1. The van der Waals surface area contributed by atoms with Crippen LogP contribution in [0, 0.1) is 0 Å². The molecule has 1 aliphatic carbocycles. The lowest BCUT2D eigenvalue weighted by Crippen LogP contribution is -1.97. The number of hydrogen-bond acceptors (Lipinski definition) is 7. The van der Waals surface area contributed by atoms with Gasteiger partial charge in [0.1, 0.15) is 23.0 Å². The van der Waals surface area contributed by atoms with Crippen LogP contribution in [0.1, 0.15) is 146 Å². The van der Waals surface area contributed by atoms with Gasteiger partial charge >= 0.3 is 0 Å². The maximum atomic E-state index is 14.4. The lowest BCUT2D eigenvalue weighted by Gasteiger charge is -2.10. The van der Waals surface area contributed by atoms with E-state index in [1.165, 1.54) is 86.8 Å². The fraction of sp³-hybridized carbons (Fsp3) is 0.296. The van der Waals surface area contributed by atoms with Crippen LogP contribution in [0.15, 0.2) is 182 Å². The Kier molecular flexibility index (Phi) is 19.0. The molecule has 7 nitrogen and oxygen atoms in total. The normalized spacial score (nSPS) is 12.0. The minimum atomic E-state index is 0.0770. The van der Waals surface area contributed by atoms with Gasteiger partial charge in [-0.2, -0.15) is 0 Å². The van der Waals surface area contributed by atoms with Crippen molar-refractivity contribution in [2.45, 2.75) is 130 Å². The SMILES string of the molecule is CCCCCCOc1ccc2c(c1)c1cc(OCCCCCC)ccc1n2-c1ccc(-c2ccc(-c3ccc4c(c3)C(=O)c3cc(-c5ccc(-c6ccc(-n7c8ccc(OCCCCCC)cc8c8cc(OCCCCCC)ccc87)cc6)s5)ccc3-4)s2)cc1. The van der Waals surface area contributed by atoms with E-state index in [2.05, 4.69) is 219 Å². The first kappa shape index (κ1) is 60.5. The summed E-state index contributed by atoms with van der Waals surface area (Å²) in [6.07, 6.45) is 18.8. The van der Waals surface area contributed by atoms with E-state index in [1.54, 1.807) is 22.7 Å². The van der Waals surface area contributed by atoms with Gasteiger partial charge in [0.25, 0.3) is 0 Å². The van der Waals surface area contributed by atoms with E-state index in [1.807, 2.05) is 0 Å². The van der Waals surface area contributed by atoms with Crippen LogP contribution in [0.5, 0.6) is 23.0 Å². The second kappa shape index (κ2) is 28.2. The van der Waals surface area contributed by atoms with E-state index in [9.17, 15) is 4.79 Å². The van der Waals surface area contributed by atoms with Crippen molar-refractivity contribution in [3.05, 3.63) is 193 Å². The summed E-state index contributed by atoms with van der Waals surface area (Å²) in [6.45, 7) is 11.9. The van der Waals surface area contributed by atoms with Crippen LogP contribution in [0.25, 0.3) is 108 Å². The Labute approximate surface area is 538 Å². The predicted octanol–water partition coefficient (Wildman–Crippen LogP) is 23.7. The third-order valence-electron chi connectivity index (χ3n) is 17.9. The molecule has 0 spiro atoms. The standard InChI is InChI=1S/C81H82N2O5S2/c1-5-9-13-17-45-85-61-31-37-73-67(51-61)68-52-62(86-46-18-14-10-6-2)32-38-74(68)82(73)59-27-21-55(22-28-59)77-41-43-79(89-77)57-25-35-65-66-36-26-58(50-72(66)81(84)71(65)49-57)80-44-42-78(90-80)56-23-29-60(30-24-56)83-75-39-33-63(87-47-19-15-11-7-3)53-69(75)70-54-64(34-40-76(70)83)88-48-20-16-12-8-4/h21-44,49-54H,5-20,45-48H2,1-4H3. The number of thiophene rings is 2. The Bertz CT molecular complexity index is 4040. The second-order valence-electron chi connectivity index (χ2n) is 24.3. The van der Waals surface area contributed by atoms with Crippen molar-refractivity contribution >= 4 is 72.1 Å². The number of carbonyl (C=O) groups excluding carboxylic acids is 1. The molecule has 90 heavy (non-hydrogen) atoms. The van der Waals surface area contributed by atoms with Gasteiger partial charge < -0.3 is 28.1 Å². The highest BCUT2D eigenvalue weighted by Gasteiger charge is 2.28. The summed E-state index contributed by atoms with van der Waals surface area (Å²) in [4.78, 5) is 19.0. The van der Waals surface area contributed by atoms with Crippen molar-refractivity contribution < 1.29 is 23.7 Å². The van der Waals surface area contributed by atoms with Crippen LogP contribution in [0.2, 0.25) is 0 Å². The maximum Gasteiger partial charge on any atom is 0.194 e. The molecule has 9 heteroatoms. The smallest absolute Gasteiger partial charge is 0.194 e. The number of aromatic nitrogens is 2. The average Bonchev–Trinajstić information content (AvgIpc) is 1.84. The molecule has 13 rings (SSSR count). The summed E-state index contributed by atoms with van der Waals surface area (Å²) >= 11 is 3.51. The number of rotatable bonds is 30. The third kappa shape index (κ3) is 12.9. The maximum absolute atomic E-state index is 14.4. The summed E-state index contributed by atoms with van der Waals surface area (Å²) in [7, 11) is 0. The number of ether oxygens (including phenoxy) is 4. The number of fused-ring (bicyclic) bond motifs is 9. The van der Waals surface area contributed by atoms with Crippen molar-refractivity contribution in [1.29, 1.82) is 0 Å². The Balaban J connectivity index is 0.702. The van der Waals surface area contributed by atoms with Gasteiger partial charge in [0.15, 0.2) is 5.78 Å². The molecule has 12 aromatic rings. The molecule has 0 unspecified atom stereocenters. The third-order valence-corrected chi connectivity index (χ3v) is 20.3. The van der Waals surface area contributed by atoms with Crippen LogP contribution in [0.3, 0.4) is 0 Å². The van der Waals surface area contributed by atoms with Crippen LogP contribution >= 0.6 is 22.7 Å². The Morgan fingerprint density at radius 3 is 0.878 bits per heavy atom. The molecular formula is C81H82N2O5S2. The summed E-state index contributed by atoms with van der Waals surface area (Å²) in [5.74, 6) is 3.69. The monoisotopic (exact) mass is 1230 g/mol. The fourth-order valence-corrected chi connectivity index (χ4v) is 15.0. The van der Waals surface area contributed by atoms with E-state index in [4.69, 9.17) is 18.9 Å². The largest absolute Gasteiger partial charge is 0.494 e. The van der Waals surface area contributed by atoms with Crippen LogP contribution in [-0.4, -0.2) is 41.3 Å². The summed E-state index contributed by atoms with van der Waals surface area (Å²) < 4.78 is 30.0. The Hall–Kier alpha value is -8.37. The van der Waals surface area contributed by atoms with Gasteiger partial charge in [-0.3, -0.25) is 4.79 Å². The molecule has 0 saturated carbocycles. The summed E-state index contributed by atoms with van der Waals surface area (Å²) in [5, 5.41) is 4.63. The zero-order chi connectivity index (χ0) is 61.3. The van der Waals surface area contributed by atoms with Crippen LogP contribution in [0.4, 0.5) is 0 Å². The number of benzene rings is 8. The van der Waals surface area contributed by atoms with Crippen LogP contribution in [-0.2, 0) is 0 Å². The highest BCUT2D eigenvalue weighted by molar-refractivity contribution is 7.19.